The number of aromatic nitrogens is 3. The highest BCUT2D eigenvalue weighted by Crippen LogP contribution is 2.27. The van der Waals surface area contributed by atoms with Crippen LogP contribution in [-0.4, -0.2) is 46.2 Å². The first-order valence-electron chi connectivity index (χ1n) is 7.78. The van der Waals surface area contributed by atoms with E-state index in [1.54, 1.807) is 18.8 Å². The van der Waals surface area contributed by atoms with Crippen LogP contribution >= 0.6 is 11.3 Å². The van der Waals surface area contributed by atoms with Crippen molar-refractivity contribution in [3.05, 3.63) is 41.5 Å². The van der Waals surface area contributed by atoms with Crippen molar-refractivity contribution in [3.8, 4) is 5.75 Å². The molecule has 1 amide bonds. The normalized spacial score (nSPS) is 12.3. The maximum absolute atomic E-state index is 12.4. The van der Waals surface area contributed by atoms with E-state index >= 15 is 0 Å². The van der Waals surface area contributed by atoms with Crippen LogP contribution in [0.4, 0.5) is 5.13 Å². The number of rotatable bonds is 6. The average molecular weight is 357 g/mol. The van der Waals surface area contributed by atoms with E-state index < -0.39 is 0 Å². The summed E-state index contributed by atoms with van der Waals surface area (Å²) in [6.07, 6.45) is 1.75. The van der Waals surface area contributed by atoms with E-state index in [2.05, 4.69) is 20.5 Å². The Hall–Kier alpha value is -2.58. The lowest BCUT2D eigenvalue weighted by molar-refractivity contribution is -0.120. The SMILES string of the molecule is COc1ccc(CN(C)[C@H](C)C(=O)Nc2nncs2)c2cccnc12. The molecule has 3 aromatic rings. The number of pyridine rings is 1. The Morgan fingerprint density at radius 1 is 1.40 bits per heavy atom. The van der Waals surface area contributed by atoms with E-state index in [0.717, 1.165) is 22.2 Å². The van der Waals surface area contributed by atoms with E-state index in [4.69, 9.17) is 4.74 Å². The van der Waals surface area contributed by atoms with E-state index in [1.165, 1.54) is 11.3 Å². The molecule has 7 nitrogen and oxygen atoms in total. The smallest absolute Gasteiger partial charge is 0.243 e. The molecule has 8 heteroatoms. The van der Waals surface area contributed by atoms with Crippen LogP contribution in [0.25, 0.3) is 10.9 Å². The molecule has 0 saturated carbocycles. The minimum absolute atomic E-state index is 0.116. The summed E-state index contributed by atoms with van der Waals surface area (Å²) >= 11 is 1.30. The Bertz CT molecular complexity index is 869. The molecular weight excluding hydrogens is 338 g/mol. The number of nitrogens with one attached hydrogen (secondary N) is 1. The number of hydrogen-bond acceptors (Lipinski definition) is 7. The van der Waals surface area contributed by atoms with E-state index in [0.29, 0.717) is 11.7 Å². The summed E-state index contributed by atoms with van der Waals surface area (Å²) < 4.78 is 5.38. The molecule has 0 aliphatic heterocycles. The summed E-state index contributed by atoms with van der Waals surface area (Å²) in [5, 5.41) is 11.9. The first-order chi connectivity index (χ1) is 12.1. The Kier molecular flexibility index (Phi) is 5.20. The van der Waals surface area contributed by atoms with Gasteiger partial charge >= 0.3 is 0 Å². The number of carbonyl (C=O) groups is 1. The number of amides is 1. The number of ether oxygens (including phenoxy) is 1. The van der Waals surface area contributed by atoms with Crippen LogP contribution in [0.1, 0.15) is 12.5 Å². The predicted octanol–water partition coefficient (Wildman–Crippen LogP) is 2.55. The zero-order valence-corrected chi connectivity index (χ0v) is 15.1. The minimum atomic E-state index is -0.322. The molecule has 0 saturated heterocycles. The van der Waals surface area contributed by atoms with Gasteiger partial charge in [0.2, 0.25) is 11.0 Å². The largest absolute Gasteiger partial charge is 0.494 e. The zero-order valence-electron chi connectivity index (χ0n) is 14.3. The lowest BCUT2D eigenvalue weighted by atomic mass is 10.1. The highest BCUT2D eigenvalue weighted by atomic mass is 32.1. The standard InChI is InChI=1S/C17H19N5O2S/c1-11(16(23)20-17-21-19-10-25-17)22(2)9-12-6-7-14(24-3)15-13(12)5-4-8-18-15/h4-8,10-11H,9H2,1-3H3,(H,20,21,23)/t11-/m1/s1. The lowest BCUT2D eigenvalue weighted by Gasteiger charge is -2.24. The van der Waals surface area contributed by atoms with Crippen molar-refractivity contribution in [2.75, 3.05) is 19.5 Å². The van der Waals surface area contributed by atoms with Gasteiger partial charge < -0.3 is 4.74 Å². The van der Waals surface area contributed by atoms with Crippen molar-refractivity contribution in [1.82, 2.24) is 20.1 Å². The highest BCUT2D eigenvalue weighted by Gasteiger charge is 2.20. The third kappa shape index (κ3) is 3.75. The van der Waals surface area contributed by atoms with Crippen molar-refractivity contribution >= 4 is 33.3 Å². The van der Waals surface area contributed by atoms with Gasteiger partial charge in [-0.25, -0.2) is 0 Å². The molecule has 2 heterocycles. The average Bonchev–Trinajstić information content (AvgIpc) is 3.14. The fourth-order valence-electron chi connectivity index (χ4n) is 2.55. The molecule has 1 N–H and O–H groups in total. The van der Waals surface area contributed by atoms with Gasteiger partial charge in [0, 0.05) is 18.1 Å². The molecule has 0 unspecified atom stereocenters. The molecule has 1 aromatic carbocycles. The number of nitrogens with zero attached hydrogens (tertiary/aromatic N) is 4. The second-order valence-electron chi connectivity index (χ2n) is 5.65. The van der Waals surface area contributed by atoms with Gasteiger partial charge in [-0.15, -0.1) is 10.2 Å². The van der Waals surface area contributed by atoms with Gasteiger partial charge in [-0.2, -0.15) is 0 Å². The van der Waals surface area contributed by atoms with Gasteiger partial charge in [0.1, 0.15) is 16.8 Å². The number of fused-ring (bicyclic) bond motifs is 1. The molecule has 0 spiro atoms. The predicted molar refractivity (Wildman–Crippen MR) is 97.8 cm³/mol. The molecule has 130 valence electrons. The molecule has 25 heavy (non-hydrogen) atoms. The third-order valence-electron chi connectivity index (χ3n) is 4.09. The summed E-state index contributed by atoms with van der Waals surface area (Å²) in [6.45, 7) is 2.47. The summed E-state index contributed by atoms with van der Waals surface area (Å²) in [5.74, 6) is 0.624. The molecule has 1 atom stereocenters. The second-order valence-corrected chi connectivity index (χ2v) is 6.48. The highest BCUT2D eigenvalue weighted by molar-refractivity contribution is 7.13. The number of carbonyl (C=O) groups excluding carboxylic acids is 1. The Morgan fingerprint density at radius 2 is 2.24 bits per heavy atom. The quantitative estimate of drug-likeness (QED) is 0.730. The van der Waals surface area contributed by atoms with Crippen LogP contribution in [0.5, 0.6) is 5.75 Å². The van der Waals surface area contributed by atoms with Crippen molar-refractivity contribution < 1.29 is 9.53 Å². The number of methoxy groups -OCH3 is 1. The number of anilines is 1. The minimum Gasteiger partial charge on any atom is -0.494 e. The summed E-state index contributed by atoms with van der Waals surface area (Å²) in [6, 6.07) is 7.51. The van der Waals surface area contributed by atoms with Gasteiger partial charge in [-0.3, -0.25) is 20.0 Å². The van der Waals surface area contributed by atoms with Gasteiger partial charge in [-0.1, -0.05) is 23.5 Å². The molecule has 0 bridgehead atoms. The molecule has 0 aliphatic rings. The fraction of sp³-hybridized carbons (Fsp3) is 0.294. The molecule has 0 fully saturated rings. The maximum Gasteiger partial charge on any atom is 0.243 e. The molecule has 0 radical (unpaired) electrons. The topological polar surface area (TPSA) is 80.2 Å². The Balaban J connectivity index is 1.77. The summed E-state index contributed by atoms with van der Waals surface area (Å²) in [5.41, 5.74) is 3.49. The Morgan fingerprint density at radius 3 is 2.96 bits per heavy atom. The van der Waals surface area contributed by atoms with Gasteiger partial charge in [0.05, 0.1) is 13.2 Å². The molecular formula is C17H19N5O2S. The molecule has 2 aromatic heterocycles. The van der Waals surface area contributed by atoms with Crippen molar-refractivity contribution in [1.29, 1.82) is 0 Å². The van der Waals surface area contributed by atoms with Gasteiger partial charge in [-0.05, 0) is 31.7 Å². The summed E-state index contributed by atoms with van der Waals surface area (Å²) in [7, 11) is 3.55. The first-order valence-corrected chi connectivity index (χ1v) is 8.66. The van der Waals surface area contributed by atoms with Crippen molar-refractivity contribution in [2.45, 2.75) is 19.5 Å². The zero-order chi connectivity index (χ0) is 17.8. The second kappa shape index (κ2) is 7.54. The van der Waals surface area contributed by atoms with Gasteiger partial charge in [0.15, 0.2) is 0 Å². The van der Waals surface area contributed by atoms with Crippen LogP contribution < -0.4 is 10.1 Å². The molecule has 3 rings (SSSR count). The van der Waals surface area contributed by atoms with Gasteiger partial charge in [0.25, 0.3) is 0 Å². The van der Waals surface area contributed by atoms with Crippen LogP contribution in [0, 0.1) is 0 Å². The van der Waals surface area contributed by atoms with E-state index in [9.17, 15) is 4.79 Å². The monoisotopic (exact) mass is 357 g/mol. The number of likely N-dealkylation sites (N-methyl/N-ethyl adjacent to an activating group) is 1. The van der Waals surface area contributed by atoms with E-state index in [-0.39, 0.29) is 11.9 Å². The lowest BCUT2D eigenvalue weighted by Crippen LogP contribution is -2.39. The first kappa shape index (κ1) is 17.2. The van der Waals surface area contributed by atoms with Crippen molar-refractivity contribution in [2.24, 2.45) is 0 Å². The number of benzene rings is 1. The fourth-order valence-corrected chi connectivity index (χ4v) is 3.00. The van der Waals surface area contributed by atoms with Crippen molar-refractivity contribution in [3.63, 3.8) is 0 Å². The summed E-state index contributed by atoms with van der Waals surface area (Å²) in [4.78, 5) is 18.7. The molecule has 0 aliphatic carbocycles. The number of hydrogen-bond donors (Lipinski definition) is 1. The van der Waals surface area contributed by atoms with Crippen LogP contribution in [-0.2, 0) is 11.3 Å². The van der Waals surface area contributed by atoms with Crippen LogP contribution in [0.2, 0.25) is 0 Å². The third-order valence-corrected chi connectivity index (χ3v) is 4.70. The Labute approximate surface area is 149 Å². The van der Waals surface area contributed by atoms with Crippen LogP contribution in [0.3, 0.4) is 0 Å². The van der Waals surface area contributed by atoms with E-state index in [1.807, 2.05) is 43.1 Å². The maximum atomic E-state index is 12.4. The van der Waals surface area contributed by atoms with Crippen LogP contribution in [0.15, 0.2) is 36.0 Å².